The second-order valence-electron chi connectivity index (χ2n) is 7.19. The molecular weight excluding hydrogens is 444 g/mol. The molecule has 3 rings (SSSR count). The molecule has 0 aromatic heterocycles. The second-order valence-corrected chi connectivity index (χ2v) is 7.55. The van der Waals surface area contributed by atoms with Crippen LogP contribution in [0.3, 0.4) is 0 Å². The zero-order chi connectivity index (χ0) is 22.1. The van der Waals surface area contributed by atoms with Crippen molar-refractivity contribution in [3.8, 4) is 0 Å². The molecule has 0 aliphatic rings. The minimum absolute atomic E-state index is 0. The van der Waals surface area contributed by atoms with Gasteiger partial charge in [0.15, 0.2) is 0 Å². The Labute approximate surface area is 200 Å². The van der Waals surface area contributed by atoms with Crippen LogP contribution in [0.5, 0.6) is 0 Å². The van der Waals surface area contributed by atoms with Crippen molar-refractivity contribution in [2.75, 3.05) is 11.1 Å². The van der Waals surface area contributed by atoms with E-state index in [1.807, 2.05) is 54.6 Å². The first-order valence-corrected chi connectivity index (χ1v) is 10.7. The van der Waals surface area contributed by atoms with Crippen molar-refractivity contribution >= 4 is 42.6 Å². The number of ether oxygens (including phenoxy) is 1. The molecule has 168 valence electrons. The fraction of sp³-hybridized carbons (Fsp3) is 0.200. The highest BCUT2D eigenvalue weighted by atomic mass is 35.5. The topological polar surface area (TPSA) is 81.4 Å². The minimum atomic E-state index is -0.460. The summed E-state index contributed by atoms with van der Waals surface area (Å²) in [6.07, 6.45) is 0.596. The van der Waals surface area contributed by atoms with E-state index in [0.29, 0.717) is 30.0 Å². The fourth-order valence-electron chi connectivity index (χ4n) is 3.23. The maximum Gasteiger partial charge on any atom is 0.338 e. The molecular formula is C25H27ClN2O3S. The van der Waals surface area contributed by atoms with Gasteiger partial charge in [-0.05, 0) is 41.3 Å². The number of benzene rings is 3. The van der Waals surface area contributed by atoms with Gasteiger partial charge in [-0.3, -0.25) is 4.79 Å². The van der Waals surface area contributed by atoms with Crippen LogP contribution < -0.4 is 11.1 Å². The molecule has 0 bridgehead atoms. The normalized spacial score (nSPS) is 11.2. The molecule has 0 fully saturated rings. The van der Waals surface area contributed by atoms with Crippen LogP contribution >= 0.6 is 25.0 Å². The molecule has 3 N–H and O–H groups in total. The summed E-state index contributed by atoms with van der Waals surface area (Å²) in [5.41, 5.74) is 9.53. The summed E-state index contributed by atoms with van der Waals surface area (Å²) in [6, 6.07) is 24.1. The third kappa shape index (κ3) is 7.12. The zero-order valence-electron chi connectivity index (χ0n) is 17.6. The molecule has 1 unspecified atom stereocenters. The molecule has 3 aromatic rings. The van der Waals surface area contributed by atoms with Gasteiger partial charge >= 0.3 is 5.97 Å². The van der Waals surface area contributed by atoms with Crippen molar-refractivity contribution in [3.63, 3.8) is 0 Å². The molecule has 0 saturated heterocycles. The molecule has 1 atom stereocenters. The molecule has 0 spiro atoms. The Morgan fingerprint density at radius 2 is 1.62 bits per heavy atom. The monoisotopic (exact) mass is 470 g/mol. The van der Waals surface area contributed by atoms with Crippen molar-refractivity contribution < 1.29 is 14.3 Å². The first-order chi connectivity index (χ1) is 15.1. The molecule has 32 heavy (non-hydrogen) atoms. The van der Waals surface area contributed by atoms with Gasteiger partial charge in [-0.15, -0.1) is 12.4 Å². The number of rotatable bonds is 9. The van der Waals surface area contributed by atoms with E-state index in [9.17, 15) is 9.59 Å². The zero-order valence-corrected chi connectivity index (χ0v) is 19.3. The fourth-order valence-corrected chi connectivity index (χ4v) is 3.53. The van der Waals surface area contributed by atoms with E-state index in [1.165, 1.54) is 0 Å². The summed E-state index contributed by atoms with van der Waals surface area (Å²) in [5.74, 6) is -0.462. The van der Waals surface area contributed by atoms with Crippen LogP contribution in [-0.4, -0.2) is 17.6 Å². The number of nitrogens with one attached hydrogen (secondary N) is 1. The van der Waals surface area contributed by atoms with Crippen molar-refractivity contribution in [1.29, 1.82) is 0 Å². The van der Waals surface area contributed by atoms with E-state index in [-0.39, 0.29) is 30.8 Å². The van der Waals surface area contributed by atoms with Crippen molar-refractivity contribution in [2.45, 2.75) is 19.6 Å². The van der Waals surface area contributed by atoms with Crippen LogP contribution in [-0.2, 0) is 29.1 Å². The van der Waals surface area contributed by atoms with Crippen LogP contribution in [0.15, 0.2) is 78.9 Å². The number of halogens is 1. The molecule has 1 amide bonds. The van der Waals surface area contributed by atoms with Crippen molar-refractivity contribution in [3.05, 3.63) is 101 Å². The van der Waals surface area contributed by atoms with Crippen LogP contribution in [0.1, 0.15) is 27.0 Å². The quantitative estimate of drug-likeness (QED) is 0.314. The summed E-state index contributed by atoms with van der Waals surface area (Å²) in [4.78, 5) is 25.2. The van der Waals surface area contributed by atoms with E-state index >= 15 is 0 Å². The molecule has 5 nitrogen and oxygen atoms in total. The number of nitrogens with two attached hydrogens (primary N) is 1. The lowest BCUT2D eigenvalue weighted by Gasteiger charge is -2.15. The summed E-state index contributed by atoms with van der Waals surface area (Å²) in [5, 5.41) is 2.89. The lowest BCUT2D eigenvalue weighted by molar-refractivity contribution is -0.119. The van der Waals surface area contributed by atoms with Crippen LogP contribution in [0.25, 0.3) is 0 Å². The maximum absolute atomic E-state index is 12.7. The molecule has 0 aliphatic heterocycles. The highest BCUT2D eigenvalue weighted by molar-refractivity contribution is 7.80. The minimum Gasteiger partial charge on any atom is -0.457 e. The van der Waals surface area contributed by atoms with Gasteiger partial charge in [0, 0.05) is 18.0 Å². The van der Waals surface area contributed by atoms with Crippen molar-refractivity contribution in [1.82, 2.24) is 0 Å². The van der Waals surface area contributed by atoms with Gasteiger partial charge in [0.25, 0.3) is 0 Å². The standard InChI is InChI=1S/C25H26N2O3S.ClH/c26-15-20-9-4-5-10-21(20)16-30-25(29)19-11-6-12-23(14-19)27-24(28)22(17-31)13-18-7-2-1-3-8-18;/h1-12,14,22,31H,13,15-17,26H2,(H,27,28);1H. The number of carbonyl (C=O) groups excluding carboxylic acids is 2. The van der Waals surface area contributed by atoms with Crippen LogP contribution in [0.2, 0.25) is 0 Å². The average Bonchev–Trinajstić information content (AvgIpc) is 2.81. The largest absolute Gasteiger partial charge is 0.457 e. The molecule has 7 heteroatoms. The van der Waals surface area contributed by atoms with Gasteiger partial charge in [0.05, 0.1) is 11.5 Å². The highest BCUT2D eigenvalue weighted by Gasteiger charge is 2.18. The van der Waals surface area contributed by atoms with E-state index in [4.69, 9.17) is 10.5 Å². The lowest BCUT2D eigenvalue weighted by atomic mass is 10.00. The predicted molar refractivity (Wildman–Crippen MR) is 133 cm³/mol. The number of carbonyl (C=O) groups is 2. The Balaban J connectivity index is 0.00000363. The molecule has 0 radical (unpaired) electrons. The number of anilines is 1. The Bertz CT molecular complexity index is 1030. The number of hydrogen-bond donors (Lipinski definition) is 3. The summed E-state index contributed by atoms with van der Waals surface area (Å²) >= 11 is 4.34. The van der Waals surface area contributed by atoms with Gasteiger partial charge in [-0.25, -0.2) is 4.79 Å². The SMILES string of the molecule is Cl.NCc1ccccc1COC(=O)c1cccc(NC(=O)C(CS)Cc2ccccc2)c1. The molecule has 3 aromatic carbocycles. The second kappa shape index (κ2) is 12.9. The number of esters is 1. The highest BCUT2D eigenvalue weighted by Crippen LogP contribution is 2.17. The van der Waals surface area contributed by atoms with Crippen molar-refractivity contribution in [2.24, 2.45) is 11.7 Å². The van der Waals surface area contributed by atoms with Gasteiger partial charge in [-0.1, -0.05) is 60.7 Å². The first-order valence-electron chi connectivity index (χ1n) is 10.1. The molecule has 0 heterocycles. The van der Waals surface area contributed by atoms with E-state index in [0.717, 1.165) is 16.7 Å². The lowest BCUT2D eigenvalue weighted by Crippen LogP contribution is -2.26. The van der Waals surface area contributed by atoms with E-state index in [2.05, 4.69) is 17.9 Å². The summed E-state index contributed by atoms with van der Waals surface area (Å²) in [6.45, 7) is 0.520. The van der Waals surface area contributed by atoms with E-state index < -0.39 is 5.97 Å². The van der Waals surface area contributed by atoms with Crippen LogP contribution in [0.4, 0.5) is 5.69 Å². The van der Waals surface area contributed by atoms with Gasteiger partial charge in [-0.2, -0.15) is 12.6 Å². The predicted octanol–water partition coefficient (Wildman–Crippen LogP) is 4.65. The number of amides is 1. The third-order valence-electron chi connectivity index (χ3n) is 4.98. The Hall–Kier alpha value is -2.80. The number of hydrogen-bond acceptors (Lipinski definition) is 5. The molecule has 0 aliphatic carbocycles. The molecule has 0 saturated carbocycles. The Kier molecular flexibility index (Phi) is 10.3. The van der Waals surface area contributed by atoms with Gasteiger partial charge in [0.1, 0.15) is 6.61 Å². The Morgan fingerprint density at radius 1 is 0.938 bits per heavy atom. The Morgan fingerprint density at radius 3 is 2.31 bits per heavy atom. The van der Waals surface area contributed by atoms with Crippen LogP contribution in [0, 0.1) is 5.92 Å². The van der Waals surface area contributed by atoms with Gasteiger partial charge in [0.2, 0.25) is 5.91 Å². The maximum atomic E-state index is 12.7. The smallest absolute Gasteiger partial charge is 0.338 e. The third-order valence-corrected chi connectivity index (χ3v) is 5.42. The first kappa shape index (κ1) is 25.5. The average molecular weight is 471 g/mol. The summed E-state index contributed by atoms with van der Waals surface area (Å²) < 4.78 is 5.44. The van der Waals surface area contributed by atoms with Gasteiger partial charge < -0.3 is 15.8 Å². The van der Waals surface area contributed by atoms with E-state index in [1.54, 1.807) is 24.3 Å². The number of thiol groups is 1. The summed E-state index contributed by atoms with van der Waals surface area (Å²) in [7, 11) is 0.